The summed E-state index contributed by atoms with van der Waals surface area (Å²) < 4.78 is 39.3. The molecular formula is C16H12F3N4OS2+. The summed E-state index contributed by atoms with van der Waals surface area (Å²) in [5, 5.41) is 4.29. The van der Waals surface area contributed by atoms with Crippen molar-refractivity contribution in [3.8, 4) is 10.6 Å². The first-order valence-electron chi connectivity index (χ1n) is 7.31. The van der Waals surface area contributed by atoms with Crippen LogP contribution in [0.4, 0.5) is 18.9 Å². The van der Waals surface area contributed by atoms with Crippen molar-refractivity contribution < 1.29 is 22.9 Å². The monoisotopic (exact) mass is 397 g/mol. The summed E-state index contributed by atoms with van der Waals surface area (Å²) in [6.07, 6.45) is -1.31. The van der Waals surface area contributed by atoms with E-state index in [0.29, 0.717) is 10.6 Å². The van der Waals surface area contributed by atoms with Gasteiger partial charge in [0.25, 0.3) is 0 Å². The van der Waals surface area contributed by atoms with Crippen molar-refractivity contribution in [1.29, 1.82) is 0 Å². The van der Waals surface area contributed by atoms with E-state index < -0.39 is 11.9 Å². The molecule has 3 aromatic rings. The van der Waals surface area contributed by atoms with Crippen LogP contribution in [0.1, 0.15) is 5.69 Å². The van der Waals surface area contributed by atoms with Gasteiger partial charge in [-0.05, 0) is 23.6 Å². The molecule has 0 atom stereocenters. The molecule has 3 rings (SSSR count). The molecule has 26 heavy (non-hydrogen) atoms. The van der Waals surface area contributed by atoms with Gasteiger partial charge in [-0.3, -0.25) is 4.79 Å². The number of alkyl halides is 3. The van der Waals surface area contributed by atoms with Crippen molar-refractivity contribution in [2.45, 2.75) is 11.3 Å². The summed E-state index contributed by atoms with van der Waals surface area (Å²) in [4.78, 5) is 23.1. The van der Waals surface area contributed by atoms with Crippen molar-refractivity contribution in [1.82, 2.24) is 9.97 Å². The molecule has 0 aliphatic heterocycles. The summed E-state index contributed by atoms with van der Waals surface area (Å²) in [6, 6.07) is 7.73. The largest absolute Gasteiger partial charge is 0.433 e. The van der Waals surface area contributed by atoms with Crippen LogP contribution >= 0.6 is 23.1 Å². The van der Waals surface area contributed by atoms with Crippen molar-refractivity contribution >= 4 is 34.7 Å². The van der Waals surface area contributed by atoms with Crippen LogP contribution in [0.2, 0.25) is 0 Å². The third-order valence-corrected chi connectivity index (χ3v) is 4.83. The van der Waals surface area contributed by atoms with E-state index in [1.807, 2.05) is 0 Å². The maximum Gasteiger partial charge on any atom is 0.433 e. The Bertz CT molecular complexity index is 886. The minimum Gasteiger partial charge on any atom is -0.320 e. The SMILES string of the molecule is O=C(CSc1nc(-c2cccs2)cc(C(F)(F)F)n1)Nc1ccc[nH+]c1. The number of amides is 1. The zero-order valence-electron chi connectivity index (χ0n) is 13.1. The van der Waals surface area contributed by atoms with E-state index >= 15 is 0 Å². The van der Waals surface area contributed by atoms with E-state index in [1.54, 1.807) is 42.0 Å². The molecule has 3 heterocycles. The average Bonchev–Trinajstić information content (AvgIpc) is 3.14. The van der Waals surface area contributed by atoms with Gasteiger partial charge in [0.1, 0.15) is 11.4 Å². The van der Waals surface area contributed by atoms with Gasteiger partial charge in [-0.2, -0.15) is 13.2 Å². The predicted octanol–water partition coefficient (Wildman–Crippen LogP) is 3.77. The van der Waals surface area contributed by atoms with Crippen LogP contribution in [0.15, 0.2) is 53.3 Å². The Hall–Kier alpha value is -2.46. The van der Waals surface area contributed by atoms with Crippen LogP contribution in [0.3, 0.4) is 0 Å². The van der Waals surface area contributed by atoms with Crippen molar-refractivity contribution in [2.24, 2.45) is 0 Å². The molecule has 0 bridgehead atoms. The molecule has 0 saturated carbocycles. The van der Waals surface area contributed by atoms with Gasteiger partial charge in [-0.1, -0.05) is 17.8 Å². The third-order valence-electron chi connectivity index (χ3n) is 3.09. The Morgan fingerprint density at radius 1 is 1.27 bits per heavy atom. The fourth-order valence-corrected chi connectivity index (χ4v) is 3.33. The number of hydrogen-bond acceptors (Lipinski definition) is 5. The number of aromatic nitrogens is 3. The molecule has 2 N–H and O–H groups in total. The maximum atomic E-state index is 13.1. The number of carbonyl (C=O) groups is 1. The number of hydrogen-bond donors (Lipinski definition) is 1. The minimum atomic E-state index is -4.59. The molecule has 0 aliphatic carbocycles. The Balaban J connectivity index is 1.76. The lowest BCUT2D eigenvalue weighted by Gasteiger charge is -2.09. The third kappa shape index (κ3) is 4.79. The van der Waals surface area contributed by atoms with Crippen molar-refractivity contribution in [3.05, 3.63) is 53.8 Å². The van der Waals surface area contributed by atoms with Gasteiger partial charge in [0.2, 0.25) is 5.91 Å². The summed E-state index contributed by atoms with van der Waals surface area (Å²) in [5.74, 6) is -0.478. The van der Waals surface area contributed by atoms with Crippen LogP contribution in [0, 0.1) is 0 Å². The highest BCUT2D eigenvalue weighted by molar-refractivity contribution is 7.99. The van der Waals surface area contributed by atoms with Crippen LogP contribution in [-0.2, 0) is 11.0 Å². The fourth-order valence-electron chi connectivity index (χ4n) is 1.98. The van der Waals surface area contributed by atoms with E-state index in [9.17, 15) is 18.0 Å². The lowest BCUT2D eigenvalue weighted by Crippen LogP contribution is -2.16. The van der Waals surface area contributed by atoms with Gasteiger partial charge in [0, 0.05) is 6.07 Å². The molecule has 1 amide bonds. The fraction of sp³-hybridized carbons (Fsp3) is 0.125. The molecule has 0 unspecified atom stereocenters. The van der Waals surface area contributed by atoms with Crippen LogP contribution in [0.25, 0.3) is 10.6 Å². The number of nitrogens with one attached hydrogen (secondary N) is 2. The second-order valence-corrected chi connectivity index (χ2v) is 6.92. The van der Waals surface area contributed by atoms with Crippen LogP contribution in [-0.4, -0.2) is 21.6 Å². The van der Waals surface area contributed by atoms with E-state index in [2.05, 4.69) is 20.3 Å². The van der Waals surface area contributed by atoms with E-state index in [4.69, 9.17) is 0 Å². The zero-order chi connectivity index (χ0) is 18.6. The molecule has 10 heteroatoms. The number of thiophene rings is 1. The first kappa shape index (κ1) is 18.3. The lowest BCUT2D eigenvalue weighted by molar-refractivity contribution is -0.377. The highest BCUT2D eigenvalue weighted by Crippen LogP contribution is 2.33. The Kier molecular flexibility index (Phi) is 5.52. The summed E-state index contributed by atoms with van der Waals surface area (Å²) in [5.41, 5.74) is -0.290. The van der Waals surface area contributed by atoms with E-state index in [1.165, 1.54) is 11.3 Å². The Morgan fingerprint density at radius 3 is 2.77 bits per heavy atom. The van der Waals surface area contributed by atoms with Gasteiger partial charge in [0.15, 0.2) is 17.6 Å². The van der Waals surface area contributed by atoms with Gasteiger partial charge in [-0.15, -0.1) is 11.3 Å². The number of anilines is 1. The number of H-pyrrole nitrogens is 1. The first-order chi connectivity index (χ1) is 12.4. The lowest BCUT2D eigenvalue weighted by atomic mass is 10.3. The zero-order valence-corrected chi connectivity index (χ0v) is 14.7. The average molecular weight is 397 g/mol. The number of aromatic amines is 1. The minimum absolute atomic E-state index is 0.0991. The molecule has 0 spiro atoms. The van der Waals surface area contributed by atoms with Gasteiger partial charge < -0.3 is 5.32 Å². The second-order valence-electron chi connectivity index (χ2n) is 5.03. The van der Waals surface area contributed by atoms with Gasteiger partial charge in [-0.25, -0.2) is 15.0 Å². The highest BCUT2D eigenvalue weighted by atomic mass is 32.2. The molecule has 0 fully saturated rings. The first-order valence-corrected chi connectivity index (χ1v) is 9.17. The number of rotatable bonds is 5. The van der Waals surface area contributed by atoms with Crippen molar-refractivity contribution in [3.63, 3.8) is 0 Å². The normalized spacial score (nSPS) is 11.3. The highest BCUT2D eigenvalue weighted by Gasteiger charge is 2.34. The molecule has 0 radical (unpaired) electrons. The van der Waals surface area contributed by atoms with Crippen molar-refractivity contribution in [2.75, 3.05) is 11.1 Å². The topological polar surface area (TPSA) is 69.0 Å². The predicted molar refractivity (Wildman–Crippen MR) is 92.7 cm³/mol. The molecule has 0 aromatic carbocycles. The molecule has 0 aliphatic rings. The number of halogens is 3. The summed E-state index contributed by atoms with van der Waals surface area (Å²) in [7, 11) is 0. The molecule has 3 aromatic heterocycles. The number of pyridine rings is 1. The van der Waals surface area contributed by atoms with Gasteiger partial charge >= 0.3 is 6.18 Å². The molecular weight excluding hydrogens is 385 g/mol. The Labute approximate surface area is 154 Å². The standard InChI is InChI=1S/C16H11F3N4OS2/c17-16(18,19)13-7-11(12-4-2-6-25-12)22-15(23-13)26-9-14(24)21-10-3-1-5-20-8-10/h1-8H,9H2,(H,21,24)/p+1. The molecule has 5 nitrogen and oxygen atoms in total. The number of nitrogens with zero attached hydrogens (tertiary/aromatic N) is 2. The Morgan fingerprint density at radius 2 is 2.12 bits per heavy atom. The van der Waals surface area contributed by atoms with E-state index in [0.717, 1.165) is 17.8 Å². The second kappa shape index (κ2) is 7.83. The van der Waals surface area contributed by atoms with E-state index in [-0.39, 0.29) is 22.5 Å². The summed E-state index contributed by atoms with van der Waals surface area (Å²) >= 11 is 2.13. The van der Waals surface area contributed by atoms with Crippen LogP contribution < -0.4 is 10.3 Å². The number of thioether (sulfide) groups is 1. The quantitative estimate of drug-likeness (QED) is 0.526. The maximum absolute atomic E-state index is 13.1. The smallest absolute Gasteiger partial charge is 0.320 e. The summed E-state index contributed by atoms with van der Waals surface area (Å²) in [6.45, 7) is 0. The number of carbonyl (C=O) groups excluding carboxylic acids is 1. The van der Waals surface area contributed by atoms with Crippen LogP contribution in [0.5, 0.6) is 0 Å². The van der Waals surface area contributed by atoms with Gasteiger partial charge in [0.05, 0.1) is 16.3 Å². The molecule has 0 saturated heterocycles. The molecule has 134 valence electrons.